The lowest BCUT2D eigenvalue weighted by Gasteiger charge is -2.16. The number of rotatable bonds is 3. The van der Waals surface area contributed by atoms with E-state index in [1.165, 1.54) is 10.8 Å². The first kappa shape index (κ1) is 12.3. The van der Waals surface area contributed by atoms with Crippen molar-refractivity contribution in [1.29, 1.82) is 0 Å². The van der Waals surface area contributed by atoms with Gasteiger partial charge in [-0.15, -0.1) is 0 Å². The molecule has 0 fully saturated rings. The van der Waals surface area contributed by atoms with Crippen molar-refractivity contribution in [1.82, 2.24) is 14.5 Å². The van der Waals surface area contributed by atoms with Crippen molar-refractivity contribution in [3.8, 4) is 0 Å². The number of hydrogen-bond acceptors (Lipinski definition) is 3. The summed E-state index contributed by atoms with van der Waals surface area (Å²) in [6, 6.07) is 7.29. The molecule has 94 valence electrons. The maximum absolute atomic E-state index is 11.9. The van der Waals surface area contributed by atoms with E-state index in [1.807, 2.05) is 25.1 Å². The summed E-state index contributed by atoms with van der Waals surface area (Å²) < 4.78 is 1.46. The Morgan fingerprint density at radius 2 is 2.11 bits per heavy atom. The van der Waals surface area contributed by atoms with E-state index in [0.29, 0.717) is 17.6 Å². The van der Waals surface area contributed by atoms with Crippen molar-refractivity contribution in [2.45, 2.75) is 13.5 Å². The first-order chi connectivity index (χ1) is 8.63. The first-order valence-corrected chi connectivity index (χ1v) is 5.82. The van der Waals surface area contributed by atoms with Gasteiger partial charge in [-0.05, 0) is 19.1 Å². The van der Waals surface area contributed by atoms with Crippen LogP contribution >= 0.6 is 0 Å². The lowest BCUT2D eigenvalue weighted by molar-refractivity contribution is -0.130. The van der Waals surface area contributed by atoms with Gasteiger partial charge in [0, 0.05) is 13.6 Å². The molecule has 0 bridgehead atoms. The number of likely N-dealkylation sites (N-methyl/N-ethyl adjacent to an activating group) is 1. The van der Waals surface area contributed by atoms with E-state index in [2.05, 4.69) is 4.98 Å². The van der Waals surface area contributed by atoms with Crippen LogP contribution in [-0.2, 0) is 11.3 Å². The summed E-state index contributed by atoms with van der Waals surface area (Å²) in [6.07, 6.45) is 1.25. The van der Waals surface area contributed by atoms with E-state index in [0.717, 1.165) is 0 Å². The fourth-order valence-corrected chi connectivity index (χ4v) is 1.71. The summed E-state index contributed by atoms with van der Waals surface area (Å²) in [7, 11) is 1.72. The number of para-hydroxylation sites is 2. The highest BCUT2D eigenvalue weighted by atomic mass is 16.2. The van der Waals surface area contributed by atoms with E-state index in [9.17, 15) is 9.59 Å². The Kier molecular flexibility index (Phi) is 3.41. The van der Waals surface area contributed by atoms with Gasteiger partial charge in [0.25, 0.3) is 5.56 Å². The molecule has 0 aliphatic rings. The average Bonchev–Trinajstić information content (AvgIpc) is 2.41. The number of benzene rings is 1. The lowest BCUT2D eigenvalue weighted by Crippen LogP contribution is -2.33. The molecule has 0 saturated heterocycles. The van der Waals surface area contributed by atoms with E-state index < -0.39 is 0 Å². The molecular weight excluding hydrogens is 230 g/mol. The number of hydrogen-bond donors (Lipinski definition) is 0. The second kappa shape index (κ2) is 5.00. The summed E-state index contributed by atoms with van der Waals surface area (Å²) in [4.78, 5) is 29.3. The summed E-state index contributed by atoms with van der Waals surface area (Å²) in [6.45, 7) is 2.56. The molecule has 1 aromatic carbocycles. The van der Waals surface area contributed by atoms with E-state index in [1.54, 1.807) is 18.0 Å². The number of aromatic nitrogens is 2. The van der Waals surface area contributed by atoms with Gasteiger partial charge in [0.15, 0.2) is 0 Å². The fraction of sp³-hybridized carbons (Fsp3) is 0.308. The van der Waals surface area contributed by atoms with Crippen LogP contribution in [0.3, 0.4) is 0 Å². The van der Waals surface area contributed by atoms with Crippen LogP contribution < -0.4 is 5.56 Å². The number of nitrogens with zero attached hydrogens (tertiary/aromatic N) is 3. The second-order valence-electron chi connectivity index (χ2n) is 4.08. The smallest absolute Gasteiger partial charge is 0.269 e. The van der Waals surface area contributed by atoms with Crippen LogP contribution in [0.25, 0.3) is 11.0 Å². The van der Waals surface area contributed by atoms with Crippen LogP contribution in [-0.4, -0.2) is 34.0 Å². The zero-order valence-electron chi connectivity index (χ0n) is 10.5. The van der Waals surface area contributed by atoms with Crippen LogP contribution in [0, 0.1) is 0 Å². The van der Waals surface area contributed by atoms with Gasteiger partial charge in [0.05, 0.1) is 17.2 Å². The molecule has 1 heterocycles. The van der Waals surface area contributed by atoms with Crippen LogP contribution in [0.15, 0.2) is 35.3 Å². The Hall–Kier alpha value is -2.17. The molecule has 2 rings (SSSR count). The van der Waals surface area contributed by atoms with E-state index in [-0.39, 0.29) is 18.0 Å². The molecule has 1 aromatic heterocycles. The quantitative estimate of drug-likeness (QED) is 0.806. The van der Waals surface area contributed by atoms with Crippen LogP contribution in [0.4, 0.5) is 0 Å². The van der Waals surface area contributed by atoms with Crippen molar-refractivity contribution in [2.24, 2.45) is 0 Å². The minimum atomic E-state index is -0.258. The SMILES string of the molecule is CCN(C)C(=O)Cn1c(=O)cnc2ccccc21. The molecule has 2 aromatic rings. The highest BCUT2D eigenvalue weighted by molar-refractivity contribution is 5.79. The number of carbonyl (C=O) groups excluding carboxylic acids is 1. The Morgan fingerprint density at radius 1 is 1.39 bits per heavy atom. The molecule has 5 nitrogen and oxygen atoms in total. The predicted molar refractivity (Wildman–Crippen MR) is 69.3 cm³/mol. The molecule has 5 heteroatoms. The molecule has 1 amide bonds. The van der Waals surface area contributed by atoms with Crippen LogP contribution in [0.2, 0.25) is 0 Å². The van der Waals surface area contributed by atoms with Crippen molar-refractivity contribution in [3.63, 3.8) is 0 Å². The topological polar surface area (TPSA) is 55.2 Å². The van der Waals surface area contributed by atoms with Gasteiger partial charge >= 0.3 is 0 Å². The lowest BCUT2D eigenvalue weighted by atomic mass is 10.3. The summed E-state index contributed by atoms with van der Waals surface area (Å²) in [5.41, 5.74) is 1.14. The predicted octanol–water partition coefficient (Wildman–Crippen LogP) is 0.875. The third-order valence-electron chi connectivity index (χ3n) is 2.95. The third-order valence-corrected chi connectivity index (χ3v) is 2.95. The molecule has 0 spiro atoms. The molecule has 0 unspecified atom stereocenters. The largest absolute Gasteiger partial charge is 0.344 e. The monoisotopic (exact) mass is 245 g/mol. The molecule has 0 atom stereocenters. The van der Waals surface area contributed by atoms with Crippen molar-refractivity contribution >= 4 is 16.9 Å². The minimum absolute atomic E-state index is 0.0478. The van der Waals surface area contributed by atoms with Gasteiger partial charge in [0.2, 0.25) is 5.91 Å². The Morgan fingerprint density at radius 3 is 2.83 bits per heavy atom. The maximum Gasteiger partial charge on any atom is 0.269 e. The maximum atomic E-state index is 11.9. The van der Waals surface area contributed by atoms with Gasteiger partial charge in [-0.3, -0.25) is 14.2 Å². The van der Waals surface area contributed by atoms with Gasteiger partial charge in [0.1, 0.15) is 6.54 Å². The zero-order valence-corrected chi connectivity index (χ0v) is 10.5. The average molecular weight is 245 g/mol. The van der Waals surface area contributed by atoms with Crippen LogP contribution in [0.1, 0.15) is 6.92 Å². The van der Waals surface area contributed by atoms with Gasteiger partial charge in [-0.2, -0.15) is 0 Å². The second-order valence-corrected chi connectivity index (χ2v) is 4.08. The number of carbonyl (C=O) groups is 1. The minimum Gasteiger partial charge on any atom is -0.344 e. The molecule has 0 N–H and O–H groups in total. The Bertz CT molecular complexity index is 633. The summed E-state index contributed by atoms with van der Waals surface area (Å²) in [5.74, 6) is -0.0871. The molecule has 18 heavy (non-hydrogen) atoms. The molecular formula is C13H15N3O2. The zero-order chi connectivity index (χ0) is 13.1. The molecule has 0 radical (unpaired) electrons. The Balaban J connectivity index is 2.47. The number of amides is 1. The van der Waals surface area contributed by atoms with Crippen molar-refractivity contribution in [3.05, 3.63) is 40.8 Å². The third kappa shape index (κ3) is 2.25. The van der Waals surface area contributed by atoms with Gasteiger partial charge < -0.3 is 4.90 Å². The fourth-order valence-electron chi connectivity index (χ4n) is 1.71. The van der Waals surface area contributed by atoms with Crippen molar-refractivity contribution < 1.29 is 4.79 Å². The standard InChI is InChI=1S/C13H15N3O2/c1-3-15(2)13(18)9-16-11-7-5-4-6-10(11)14-8-12(16)17/h4-8H,3,9H2,1-2H3. The summed E-state index contributed by atoms with van der Waals surface area (Å²) >= 11 is 0. The van der Waals surface area contributed by atoms with Crippen LogP contribution in [0.5, 0.6) is 0 Å². The Labute approximate surface area is 105 Å². The summed E-state index contributed by atoms with van der Waals surface area (Å²) in [5, 5.41) is 0. The highest BCUT2D eigenvalue weighted by Gasteiger charge is 2.11. The highest BCUT2D eigenvalue weighted by Crippen LogP contribution is 2.08. The molecule has 0 aliphatic carbocycles. The van der Waals surface area contributed by atoms with E-state index >= 15 is 0 Å². The first-order valence-electron chi connectivity index (χ1n) is 5.82. The van der Waals surface area contributed by atoms with Crippen molar-refractivity contribution in [2.75, 3.05) is 13.6 Å². The van der Waals surface area contributed by atoms with E-state index in [4.69, 9.17) is 0 Å². The van der Waals surface area contributed by atoms with Gasteiger partial charge in [-0.25, -0.2) is 4.98 Å². The van der Waals surface area contributed by atoms with Gasteiger partial charge in [-0.1, -0.05) is 12.1 Å². The number of fused-ring (bicyclic) bond motifs is 1. The molecule has 0 aliphatic heterocycles. The normalized spacial score (nSPS) is 10.6. The molecule has 0 saturated carbocycles.